The van der Waals surface area contributed by atoms with E-state index in [2.05, 4.69) is 15.5 Å². The Morgan fingerprint density at radius 1 is 1.21 bits per heavy atom. The molecule has 1 N–H and O–H groups in total. The molecule has 4 aromatic rings. The molecule has 0 saturated carbocycles. The minimum absolute atomic E-state index is 0.158. The van der Waals surface area contributed by atoms with Crippen LogP contribution in [0.1, 0.15) is 26.1 Å². The molecule has 3 aromatic heterocycles. The topological polar surface area (TPSA) is 72.4 Å². The molecule has 0 spiro atoms. The number of fused-ring (bicyclic) bond motifs is 3. The predicted molar refractivity (Wildman–Crippen MR) is 107 cm³/mol. The fraction of sp³-hybridized carbons (Fsp3) is 0.250. The van der Waals surface area contributed by atoms with Crippen LogP contribution in [0.4, 0.5) is 10.1 Å². The number of furan rings is 1. The van der Waals surface area contributed by atoms with Crippen LogP contribution < -0.4 is 5.32 Å². The van der Waals surface area contributed by atoms with Crippen LogP contribution in [-0.4, -0.2) is 25.8 Å². The Balaban J connectivity index is 1.63. The van der Waals surface area contributed by atoms with Crippen molar-refractivity contribution in [2.24, 2.45) is 0 Å². The van der Waals surface area contributed by atoms with E-state index in [1.807, 2.05) is 30.4 Å². The molecule has 1 unspecified atom stereocenters. The number of carbonyl (C=O) groups excluding carboxylic acids is 1. The van der Waals surface area contributed by atoms with Crippen molar-refractivity contribution in [2.45, 2.75) is 37.0 Å². The van der Waals surface area contributed by atoms with Gasteiger partial charge in [-0.25, -0.2) is 4.39 Å². The number of aryl methyl sites for hydroxylation is 1. The predicted octanol–water partition coefficient (Wildman–Crippen LogP) is 4.69. The van der Waals surface area contributed by atoms with Gasteiger partial charge in [-0.2, -0.15) is 0 Å². The lowest BCUT2D eigenvalue weighted by molar-refractivity contribution is -0.115. The highest BCUT2D eigenvalue weighted by molar-refractivity contribution is 8.00. The van der Waals surface area contributed by atoms with E-state index >= 15 is 0 Å². The molecule has 8 heteroatoms. The summed E-state index contributed by atoms with van der Waals surface area (Å²) in [5, 5.41) is 11.8. The van der Waals surface area contributed by atoms with Crippen molar-refractivity contribution in [1.82, 2.24) is 14.6 Å². The standard InChI is InChI=1S/C20H19FN4O2S/c1-3-17(19(26)22-13-7-5-12(21)6-8-13)28-20-15-11-16-14(9-10-27-16)25(15)18(4-2)23-24-20/h5-11,17H,3-4H2,1-2H3,(H,22,26). The number of carbonyl (C=O) groups is 1. The lowest BCUT2D eigenvalue weighted by Gasteiger charge is -2.15. The number of halogens is 1. The van der Waals surface area contributed by atoms with Crippen molar-refractivity contribution in [3.05, 3.63) is 54.3 Å². The number of nitrogens with zero attached hydrogens (tertiary/aromatic N) is 3. The van der Waals surface area contributed by atoms with E-state index in [0.29, 0.717) is 17.1 Å². The van der Waals surface area contributed by atoms with Crippen molar-refractivity contribution in [1.29, 1.82) is 0 Å². The minimum Gasteiger partial charge on any atom is -0.463 e. The molecule has 1 amide bonds. The van der Waals surface area contributed by atoms with E-state index in [1.54, 1.807) is 18.4 Å². The molecule has 0 bridgehead atoms. The Morgan fingerprint density at radius 2 is 2.00 bits per heavy atom. The molecule has 6 nitrogen and oxygen atoms in total. The molecular formula is C20H19FN4O2S. The Labute approximate surface area is 165 Å². The Bertz CT molecular complexity index is 1140. The van der Waals surface area contributed by atoms with Gasteiger partial charge in [-0.15, -0.1) is 10.2 Å². The van der Waals surface area contributed by atoms with Crippen molar-refractivity contribution < 1.29 is 13.6 Å². The molecule has 4 rings (SSSR count). The van der Waals surface area contributed by atoms with Crippen molar-refractivity contribution in [3.8, 4) is 0 Å². The average Bonchev–Trinajstić information content (AvgIpc) is 3.29. The molecular weight excluding hydrogens is 379 g/mol. The second-order valence-electron chi connectivity index (χ2n) is 6.32. The van der Waals surface area contributed by atoms with Gasteiger partial charge in [-0.3, -0.25) is 9.20 Å². The van der Waals surface area contributed by atoms with E-state index in [0.717, 1.165) is 28.9 Å². The third-order valence-electron chi connectivity index (χ3n) is 4.50. The minimum atomic E-state index is -0.364. The van der Waals surface area contributed by atoms with Crippen LogP contribution in [0, 0.1) is 5.82 Å². The summed E-state index contributed by atoms with van der Waals surface area (Å²) in [6.45, 7) is 3.96. The van der Waals surface area contributed by atoms with Crippen LogP contribution in [0.2, 0.25) is 0 Å². The normalized spacial score (nSPS) is 12.5. The smallest absolute Gasteiger partial charge is 0.237 e. The molecule has 0 aliphatic carbocycles. The highest BCUT2D eigenvalue weighted by atomic mass is 32.2. The zero-order valence-corrected chi connectivity index (χ0v) is 16.3. The van der Waals surface area contributed by atoms with Gasteiger partial charge in [0.1, 0.15) is 16.7 Å². The molecule has 1 aromatic carbocycles. The van der Waals surface area contributed by atoms with Crippen molar-refractivity contribution in [3.63, 3.8) is 0 Å². The lowest BCUT2D eigenvalue weighted by Crippen LogP contribution is -2.24. The monoisotopic (exact) mass is 398 g/mol. The summed E-state index contributed by atoms with van der Waals surface area (Å²) in [5.41, 5.74) is 3.13. The van der Waals surface area contributed by atoms with E-state index in [9.17, 15) is 9.18 Å². The summed E-state index contributed by atoms with van der Waals surface area (Å²) < 4.78 is 20.6. The van der Waals surface area contributed by atoms with E-state index in [4.69, 9.17) is 4.42 Å². The van der Waals surface area contributed by atoms with Gasteiger partial charge in [0.15, 0.2) is 5.58 Å². The van der Waals surface area contributed by atoms with E-state index in [1.165, 1.54) is 23.9 Å². The first-order valence-corrected chi connectivity index (χ1v) is 9.96. The Kier molecular flexibility index (Phi) is 5.04. The molecule has 0 saturated heterocycles. The fourth-order valence-electron chi connectivity index (χ4n) is 3.09. The number of rotatable bonds is 6. The number of thioether (sulfide) groups is 1. The summed E-state index contributed by atoms with van der Waals surface area (Å²) in [5.74, 6) is 0.332. The van der Waals surface area contributed by atoms with Gasteiger partial charge in [0.25, 0.3) is 0 Å². The number of aromatic nitrogens is 3. The SMILES string of the molecule is CCc1nnc(SC(CC)C(=O)Nc2ccc(F)cc2)c2cc3occc3n12. The maximum absolute atomic E-state index is 13.1. The number of hydrogen-bond donors (Lipinski definition) is 1. The number of nitrogens with one attached hydrogen (secondary N) is 1. The molecule has 28 heavy (non-hydrogen) atoms. The summed E-state index contributed by atoms with van der Waals surface area (Å²) in [4.78, 5) is 12.7. The molecule has 0 radical (unpaired) electrons. The molecule has 0 fully saturated rings. The van der Waals surface area contributed by atoms with Crippen molar-refractivity contribution >= 4 is 40.0 Å². The molecule has 3 heterocycles. The number of anilines is 1. The fourth-order valence-corrected chi connectivity index (χ4v) is 4.05. The number of hydrogen-bond acceptors (Lipinski definition) is 5. The molecule has 0 aliphatic rings. The second-order valence-corrected chi connectivity index (χ2v) is 7.51. The van der Waals surface area contributed by atoms with Gasteiger partial charge in [0.05, 0.1) is 22.5 Å². The average molecular weight is 398 g/mol. The zero-order chi connectivity index (χ0) is 19.7. The largest absolute Gasteiger partial charge is 0.463 e. The van der Waals surface area contributed by atoms with Crippen LogP contribution in [0.15, 0.2) is 52.1 Å². The summed E-state index contributed by atoms with van der Waals surface area (Å²) in [6, 6.07) is 9.54. The van der Waals surface area contributed by atoms with Gasteiger partial charge < -0.3 is 9.73 Å². The number of amides is 1. The summed E-state index contributed by atoms with van der Waals surface area (Å²) >= 11 is 1.36. The summed E-state index contributed by atoms with van der Waals surface area (Å²) in [7, 11) is 0. The van der Waals surface area contributed by atoms with Gasteiger partial charge in [-0.05, 0) is 30.7 Å². The van der Waals surface area contributed by atoms with Gasteiger partial charge >= 0.3 is 0 Å². The third-order valence-corrected chi connectivity index (χ3v) is 5.85. The molecule has 144 valence electrons. The quantitative estimate of drug-likeness (QED) is 0.477. The van der Waals surface area contributed by atoms with Crippen LogP contribution in [0.5, 0.6) is 0 Å². The van der Waals surface area contributed by atoms with E-state index in [-0.39, 0.29) is 17.0 Å². The molecule has 0 aliphatic heterocycles. The second kappa shape index (κ2) is 7.63. The maximum Gasteiger partial charge on any atom is 0.237 e. The Hall–Kier alpha value is -2.87. The highest BCUT2D eigenvalue weighted by Gasteiger charge is 2.22. The van der Waals surface area contributed by atoms with E-state index < -0.39 is 0 Å². The van der Waals surface area contributed by atoms with Crippen LogP contribution in [0.25, 0.3) is 16.6 Å². The first kappa shape index (κ1) is 18.5. The van der Waals surface area contributed by atoms with Gasteiger partial charge in [0.2, 0.25) is 5.91 Å². The van der Waals surface area contributed by atoms with Crippen LogP contribution in [0.3, 0.4) is 0 Å². The first-order chi connectivity index (χ1) is 13.6. The Morgan fingerprint density at radius 3 is 2.71 bits per heavy atom. The number of benzene rings is 1. The lowest BCUT2D eigenvalue weighted by atomic mass is 10.2. The van der Waals surface area contributed by atoms with Crippen LogP contribution >= 0.6 is 11.8 Å². The molecule has 1 atom stereocenters. The highest BCUT2D eigenvalue weighted by Crippen LogP contribution is 2.32. The maximum atomic E-state index is 13.1. The van der Waals surface area contributed by atoms with Gasteiger partial charge in [0, 0.05) is 24.2 Å². The first-order valence-electron chi connectivity index (χ1n) is 9.08. The van der Waals surface area contributed by atoms with Crippen molar-refractivity contribution in [2.75, 3.05) is 5.32 Å². The van der Waals surface area contributed by atoms with Crippen LogP contribution in [-0.2, 0) is 11.2 Å². The zero-order valence-electron chi connectivity index (χ0n) is 15.5. The third kappa shape index (κ3) is 3.35. The summed E-state index contributed by atoms with van der Waals surface area (Å²) in [6.07, 6.45) is 2.98. The van der Waals surface area contributed by atoms with Gasteiger partial charge in [-0.1, -0.05) is 25.6 Å².